The van der Waals surface area contributed by atoms with E-state index in [-0.39, 0.29) is 18.0 Å². The van der Waals surface area contributed by atoms with Crippen LogP contribution in [0.2, 0.25) is 0 Å². The first-order valence-corrected chi connectivity index (χ1v) is 14.6. The van der Waals surface area contributed by atoms with E-state index in [9.17, 15) is 9.59 Å². The molecule has 0 spiro atoms. The van der Waals surface area contributed by atoms with Crippen molar-refractivity contribution in [3.05, 3.63) is 83.1 Å². The number of anilines is 1. The Hall–Kier alpha value is -4.38. The van der Waals surface area contributed by atoms with Crippen molar-refractivity contribution < 1.29 is 14.3 Å². The number of pyridine rings is 2. The zero-order chi connectivity index (χ0) is 29.4. The Bertz CT molecular complexity index is 1780. The van der Waals surface area contributed by atoms with Crippen LogP contribution in [-0.2, 0) is 4.74 Å². The van der Waals surface area contributed by atoms with Crippen LogP contribution in [0.5, 0.6) is 0 Å². The van der Waals surface area contributed by atoms with E-state index in [0.717, 1.165) is 27.4 Å². The second kappa shape index (κ2) is 11.1. The summed E-state index contributed by atoms with van der Waals surface area (Å²) in [5.74, 6) is 0.346. The number of fused-ring (bicyclic) bond motifs is 2. The minimum absolute atomic E-state index is 0.206. The normalized spacial score (nSPS) is 15.6. The number of ether oxygens (including phenoxy) is 1. The van der Waals surface area contributed by atoms with Crippen molar-refractivity contribution >= 4 is 55.7 Å². The molecule has 1 aliphatic heterocycles. The number of nitrogens with zero attached hydrogens (tertiary/aromatic N) is 7. The van der Waals surface area contributed by atoms with Gasteiger partial charge in [-0.25, -0.2) is 14.8 Å². The lowest BCUT2D eigenvalue weighted by molar-refractivity contribution is 0.0196. The van der Waals surface area contributed by atoms with Gasteiger partial charge in [-0.1, -0.05) is 21.1 Å². The highest BCUT2D eigenvalue weighted by molar-refractivity contribution is 9.10. The summed E-state index contributed by atoms with van der Waals surface area (Å²) in [4.78, 5) is 39.9. The van der Waals surface area contributed by atoms with Crippen molar-refractivity contribution in [3.63, 3.8) is 0 Å². The van der Waals surface area contributed by atoms with Crippen LogP contribution in [0.25, 0.3) is 27.6 Å². The third-order valence-electron chi connectivity index (χ3n) is 7.13. The second-order valence-corrected chi connectivity index (χ2v) is 12.2. The van der Waals surface area contributed by atoms with E-state index >= 15 is 0 Å². The number of likely N-dealkylation sites (tertiary alicyclic amines) is 1. The summed E-state index contributed by atoms with van der Waals surface area (Å²) in [5.41, 5.74) is 1.93. The van der Waals surface area contributed by atoms with Crippen molar-refractivity contribution in [2.45, 2.75) is 45.3 Å². The van der Waals surface area contributed by atoms with Crippen molar-refractivity contribution in [2.75, 3.05) is 18.0 Å². The van der Waals surface area contributed by atoms with E-state index in [1.165, 1.54) is 0 Å². The number of amides is 2. The maximum atomic E-state index is 14.4. The molecule has 4 heterocycles. The van der Waals surface area contributed by atoms with Gasteiger partial charge in [0, 0.05) is 40.9 Å². The van der Waals surface area contributed by atoms with E-state index in [2.05, 4.69) is 31.2 Å². The molecule has 1 atom stereocenters. The highest BCUT2D eigenvalue weighted by atomic mass is 79.9. The van der Waals surface area contributed by atoms with Crippen molar-refractivity contribution in [1.82, 2.24) is 29.9 Å². The molecule has 6 rings (SSSR count). The van der Waals surface area contributed by atoms with Crippen LogP contribution in [0.4, 0.5) is 10.6 Å². The van der Waals surface area contributed by atoms with Crippen LogP contribution in [0.3, 0.4) is 0 Å². The summed E-state index contributed by atoms with van der Waals surface area (Å²) >= 11 is 3.55. The smallest absolute Gasteiger partial charge is 0.410 e. The van der Waals surface area contributed by atoms with Gasteiger partial charge in [0.2, 0.25) is 0 Å². The summed E-state index contributed by atoms with van der Waals surface area (Å²) in [6.07, 6.45) is 4.47. The summed E-state index contributed by atoms with van der Waals surface area (Å²) in [6, 6.07) is 18.4. The maximum absolute atomic E-state index is 14.4. The number of hydrogen-bond acceptors (Lipinski definition) is 7. The first-order valence-electron chi connectivity index (χ1n) is 13.8. The fourth-order valence-electron chi connectivity index (χ4n) is 5.24. The van der Waals surface area contributed by atoms with Crippen molar-refractivity contribution in [1.29, 1.82) is 0 Å². The number of hydrogen-bond donors (Lipinski definition) is 0. The molecule has 214 valence electrons. The molecular formula is C31H30BrN7O3. The van der Waals surface area contributed by atoms with Crippen LogP contribution in [0, 0.1) is 0 Å². The van der Waals surface area contributed by atoms with Crippen molar-refractivity contribution in [2.24, 2.45) is 0 Å². The van der Waals surface area contributed by atoms with Crippen LogP contribution in [0.15, 0.2) is 77.5 Å². The zero-order valence-electron chi connectivity index (χ0n) is 23.6. The average molecular weight is 629 g/mol. The quantitative estimate of drug-likeness (QED) is 0.234. The summed E-state index contributed by atoms with van der Waals surface area (Å²) in [5, 5.41) is 10.2. The van der Waals surface area contributed by atoms with Crippen LogP contribution < -0.4 is 4.90 Å². The molecule has 0 saturated carbocycles. The lowest BCUT2D eigenvalue weighted by Gasteiger charge is -2.39. The van der Waals surface area contributed by atoms with E-state index in [1.54, 1.807) is 39.0 Å². The SMILES string of the molecule is CC(C)(C)OC(=O)N1CCC[C@@H](N(C(=O)c2ccc(-n3nnc4cccnc43)cc2)c2nccc3cc(Br)ccc23)C1. The lowest BCUT2D eigenvalue weighted by atomic mass is 10.0. The molecule has 5 aromatic rings. The number of benzene rings is 2. The van der Waals surface area contributed by atoms with Crippen LogP contribution >= 0.6 is 15.9 Å². The Morgan fingerprint density at radius 3 is 2.62 bits per heavy atom. The largest absolute Gasteiger partial charge is 0.444 e. The molecule has 1 saturated heterocycles. The fourth-order valence-corrected chi connectivity index (χ4v) is 5.62. The number of carbonyl (C=O) groups excluding carboxylic acids is 2. The molecule has 0 aliphatic carbocycles. The minimum Gasteiger partial charge on any atom is -0.444 e. The van der Waals surface area contributed by atoms with Crippen molar-refractivity contribution in [3.8, 4) is 5.69 Å². The van der Waals surface area contributed by atoms with Gasteiger partial charge in [0.1, 0.15) is 16.9 Å². The van der Waals surface area contributed by atoms with E-state index < -0.39 is 5.60 Å². The fraction of sp³-hybridized carbons (Fsp3) is 0.290. The molecule has 1 fully saturated rings. The Labute approximate surface area is 251 Å². The number of piperidine rings is 1. The molecule has 10 nitrogen and oxygen atoms in total. The van der Waals surface area contributed by atoms with E-state index in [1.807, 2.05) is 69.3 Å². The minimum atomic E-state index is -0.614. The van der Waals surface area contributed by atoms with Gasteiger partial charge in [0.25, 0.3) is 5.91 Å². The topological polar surface area (TPSA) is 106 Å². The highest BCUT2D eigenvalue weighted by Gasteiger charge is 2.35. The first kappa shape index (κ1) is 27.8. The lowest BCUT2D eigenvalue weighted by Crippen LogP contribution is -2.53. The van der Waals surface area contributed by atoms with Gasteiger partial charge in [-0.05, 0) is 99.7 Å². The molecule has 42 heavy (non-hydrogen) atoms. The second-order valence-electron chi connectivity index (χ2n) is 11.3. The number of halogens is 1. The molecule has 0 unspecified atom stereocenters. The van der Waals surface area contributed by atoms with Gasteiger partial charge in [0.15, 0.2) is 5.65 Å². The average Bonchev–Trinajstić information content (AvgIpc) is 3.41. The Morgan fingerprint density at radius 2 is 1.83 bits per heavy atom. The molecule has 3 aromatic heterocycles. The Kier molecular flexibility index (Phi) is 7.36. The predicted octanol–water partition coefficient (Wildman–Crippen LogP) is 6.17. The monoisotopic (exact) mass is 627 g/mol. The number of rotatable bonds is 4. The van der Waals surface area contributed by atoms with Crippen LogP contribution in [0.1, 0.15) is 44.0 Å². The third-order valence-corrected chi connectivity index (χ3v) is 7.63. The van der Waals surface area contributed by atoms with E-state index in [0.29, 0.717) is 42.1 Å². The maximum Gasteiger partial charge on any atom is 0.410 e. The Morgan fingerprint density at radius 1 is 1.02 bits per heavy atom. The van der Waals surface area contributed by atoms with Gasteiger partial charge in [-0.2, -0.15) is 4.68 Å². The molecule has 2 aromatic carbocycles. The zero-order valence-corrected chi connectivity index (χ0v) is 25.2. The van der Waals surface area contributed by atoms with Gasteiger partial charge in [-0.3, -0.25) is 9.69 Å². The molecule has 11 heteroatoms. The molecule has 1 aliphatic rings. The number of carbonyl (C=O) groups is 2. The van der Waals surface area contributed by atoms with Gasteiger partial charge in [0.05, 0.1) is 11.7 Å². The van der Waals surface area contributed by atoms with Gasteiger partial charge < -0.3 is 9.64 Å². The summed E-state index contributed by atoms with van der Waals surface area (Å²) in [7, 11) is 0. The molecule has 2 amide bonds. The van der Waals surface area contributed by atoms with Gasteiger partial charge >= 0.3 is 6.09 Å². The molecule has 0 radical (unpaired) electrons. The summed E-state index contributed by atoms with van der Waals surface area (Å²) in [6.45, 7) is 6.45. The third kappa shape index (κ3) is 5.56. The standard InChI is InChI=1S/C31H30BrN7O3/c1-31(2,3)42-30(41)37-17-5-6-24(19-37)38(27-25-13-10-22(32)18-21(25)14-16-34-27)29(40)20-8-11-23(12-9-20)39-28-26(35-36-39)7-4-15-33-28/h4,7-16,18,24H,5-6,17,19H2,1-3H3/t24-/m1/s1. The predicted molar refractivity (Wildman–Crippen MR) is 164 cm³/mol. The number of aromatic nitrogens is 5. The van der Waals surface area contributed by atoms with E-state index in [4.69, 9.17) is 9.72 Å². The Balaban J connectivity index is 1.37. The molecular weight excluding hydrogens is 598 g/mol. The van der Waals surface area contributed by atoms with Crippen LogP contribution in [-0.4, -0.2) is 66.6 Å². The molecule has 0 N–H and O–H groups in total. The van der Waals surface area contributed by atoms with Gasteiger partial charge in [-0.15, -0.1) is 5.10 Å². The highest BCUT2D eigenvalue weighted by Crippen LogP contribution is 2.32. The summed E-state index contributed by atoms with van der Waals surface area (Å²) < 4.78 is 8.24. The molecule has 0 bridgehead atoms. The first-order chi connectivity index (χ1) is 20.2.